The van der Waals surface area contributed by atoms with Gasteiger partial charge in [0.1, 0.15) is 0 Å². The zero-order valence-electron chi connectivity index (χ0n) is 8.49. The summed E-state index contributed by atoms with van der Waals surface area (Å²) < 4.78 is 1.05. The van der Waals surface area contributed by atoms with E-state index in [2.05, 4.69) is 26.9 Å². The monoisotopic (exact) mass is 270 g/mol. The van der Waals surface area contributed by atoms with Gasteiger partial charge >= 0.3 is 0 Å². The summed E-state index contributed by atoms with van der Waals surface area (Å²) in [6.45, 7) is 2.16. The van der Waals surface area contributed by atoms with Gasteiger partial charge in [-0.2, -0.15) is 0 Å². The first-order valence-corrected chi connectivity index (χ1v) is 5.91. The molecule has 3 nitrogen and oxygen atoms in total. The van der Waals surface area contributed by atoms with Crippen LogP contribution in [0.15, 0.2) is 22.7 Å². The summed E-state index contributed by atoms with van der Waals surface area (Å²) in [5.74, 6) is 0. The number of hydrogen-bond acceptors (Lipinski definition) is 3. The van der Waals surface area contributed by atoms with Crippen LogP contribution in [0.3, 0.4) is 0 Å². The second-order valence-corrected chi connectivity index (χ2v) is 4.78. The molecule has 1 unspecified atom stereocenters. The number of aliphatic hydroxyl groups is 1. The molecule has 1 fully saturated rings. The Morgan fingerprint density at radius 3 is 2.93 bits per heavy atom. The molecular weight excluding hydrogens is 256 g/mol. The summed E-state index contributed by atoms with van der Waals surface area (Å²) in [7, 11) is 0. The number of anilines is 1. The van der Waals surface area contributed by atoms with Crippen LogP contribution in [0.25, 0.3) is 0 Å². The minimum Gasteiger partial charge on any atom is -0.391 e. The minimum atomic E-state index is -0.199. The van der Waals surface area contributed by atoms with Gasteiger partial charge in [-0.15, -0.1) is 0 Å². The molecule has 1 aliphatic heterocycles. The summed E-state index contributed by atoms with van der Waals surface area (Å²) in [4.78, 5) is 2.19. The van der Waals surface area contributed by atoms with Crippen LogP contribution in [0.1, 0.15) is 12.0 Å². The van der Waals surface area contributed by atoms with Crippen molar-refractivity contribution in [1.29, 1.82) is 0 Å². The number of halogens is 1. The first-order valence-electron chi connectivity index (χ1n) is 5.12. The van der Waals surface area contributed by atoms with E-state index in [0.717, 1.165) is 28.7 Å². The van der Waals surface area contributed by atoms with E-state index in [4.69, 9.17) is 5.73 Å². The Kier molecular flexibility index (Phi) is 3.29. The Hall–Kier alpha value is -0.580. The van der Waals surface area contributed by atoms with Crippen LogP contribution in [0, 0.1) is 0 Å². The van der Waals surface area contributed by atoms with Crippen molar-refractivity contribution in [1.82, 2.24) is 0 Å². The van der Waals surface area contributed by atoms with Crippen molar-refractivity contribution in [3.8, 4) is 0 Å². The van der Waals surface area contributed by atoms with E-state index in [9.17, 15) is 5.11 Å². The van der Waals surface area contributed by atoms with Crippen LogP contribution < -0.4 is 10.6 Å². The quantitative estimate of drug-likeness (QED) is 0.856. The lowest BCUT2D eigenvalue weighted by molar-refractivity contribution is 0.198. The van der Waals surface area contributed by atoms with Gasteiger partial charge in [0.25, 0.3) is 0 Å². The lowest BCUT2D eigenvalue weighted by Gasteiger charge is -2.21. The van der Waals surface area contributed by atoms with Gasteiger partial charge in [0.2, 0.25) is 0 Å². The summed E-state index contributed by atoms with van der Waals surface area (Å²) in [5.41, 5.74) is 7.97. The Morgan fingerprint density at radius 1 is 1.53 bits per heavy atom. The predicted octanol–water partition coefficient (Wildman–Crippen LogP) is 1.48. The lowest BCUT2D eigenvalue weighted by Crippen LogP contribution is -2.23. The van der Waals surface area contributed by atoms with E-state index in [1.807, 2.05) is 12.1 Å². The highest BCUT2D eigenvalue weighted by Crippen LogP contribution is 2.27. The number of aliphatic hydroxyl groups excluding tert-OH is 1. The van der Waals surface area contributed by atoms with Crippen molar-refractivity contribution < 1.29 is 5.11 Å². The van der Waals surface area contributed by atoms with Gasteiger partial charge in [0.05, 0.1) is 6.10 Å². The number of benzene rings is 1. The van der Waals surface area contributed by atoms with Crippen LogP contribution >= 0.6 is 15.9 Å². The average Bonchev–Trinajstić information content (AvgIpc) is 2.65. The molecule has 1 atom stereocenters. The van der Waals surface area contributed by atoms with Crippen LogP contribution in [-0.2, 0) is 6.54 Å². The normalized spacial score (nSPS) is 21.0. The van der Waals surface area contributed by atoms with Crippen LogP contribution in [0.5, 0.6) is 0 Å². The van der Waals surface area contributed by atoms with E-state index in [1.165, 1.54) is 0 Å². The summed E-state index contributed by atoms with van der Waals surface area (Å²) >= 11 is 3.46. The summed E-state index contributed by atoms with van der Waals surface area (Å²) in [6.07, 6.45) is 0.644. The Bertz CT molecular complexity index is 356. The molecule has 1 aliphatic rings. The third-order valence-electron chi connectivity index (χ3n) is 2.77. The largest absolute Gasteiger partial charge is 0.391 e. The first kappa shape index (κ1) is 10.9. The van der Waals surface area contributed by atoms with Crippen LogP contribution in [-0.4, -0.2) is 24.3 Å². The maximum Gasteiger partial charge on any atom is 0.0731 e. The molecule has 82 valence electrons. The fraction of sp³-hybridized carbons (Fsp3) is 0.455. The van der Waals surface area contributed by atoms with Crippen molar-refractivity contribution in [2.24, 2.45) is 5.73 Å². The molecule has 0 aromatic heterocycles. The minimum absolute atomic E-state index is 0.199. The van der Waals surface area contributed by atoms with Gasteiger partial charge in [0, 0.05) is 29.8 Å². The Labute approximate surface area is 98.0 Å². The number of β-amino-alcohol motifs (C(OH)–C–C–N with tert-alkyl or cyclic N) is 1. The second-order valence-electron chi connectivity index (χ2n) is 3.87. The molecule has 1 saturated heterocycles. The second kappa shape index (κ2) is 4.51. The molecule has 3 N–H and O–H groups in total. The number of nitrogens with two attached hydrogens (primary N) is 1. The molecule has 0 amide bonds. The van der Waals surface area contributed by atoms with Gasteiger partial charge in [0.15, 0.2) is 0 Å². The number of rotatable bonds is 2. The molecule has 1 aromatic rings. The SMILES string of the molecule is NCc1ccc(Br)cc1N1CCC(O)C1. The summed E-state index contributed by atoms with van der Waals surface area (Å²) in [5, 5.41) is 9.51. The van der Waals surface area contributed by atoms with Crippen LogP contribution in [0.2, 0.25) is 0 Å². The van der Waals surface area contributed by atoms with Gasteiger partial charge in [-0.3, -0.25) is 0 Å². The molecule has 1 aromatic carbocycles. The van der Waals surface area contributed by atoms with Crippen molar-refractivity contribution in [2.45, 2.75) is 19.1 Å². The van der Waals surface area contributed by atoms with Crippen molar-refractivity contribution >= 4 is 21.6 Å². The molecule has 0 bridgehead atoms. The van der Waals surface area contributed by atoms with Crippen molar-refractivity contribution in [2.75, 3.05) is 18.0 Å². The molecule has 0 radical (unpaired) electrons. The van der Waals surface area contributed by atoms with E-state index >= 15 is 0 Å². The zero-order valence-corrected chi connectivity index (χ0v) is 10.1. The smallest absolute Gasteiger partial charge is 0.0731 e. The third kappa shape index (κ3) is 2.33. The highest BCUT2D eigenvalue weighted by Gasteiger charge is 2.22. The number of hydrogen-bond donors (Lipinski definition) is 2. The summed E-state index contributed by atoms with van der Waals surface area (Å²) in [6, 6.07) is 6.10. The van der Waals surface area contributed by atoms with Crippen molar-refractivity contribution in [3.05, 3.63) is 28.2 Å². The Morgan fingerprint density at radius 2 is 2.33 bits per heavy atom. The van der Waals surface area contributed by atoms with Gasteiger partial charge in [-0.1, -0.05) is 22.0 Å². The molecule has 2 rings (SSSR count). The molecule has 0 spiro atoms. The zero-order chi connectivity index (χ0) is 10.8. The van der Waals surface area contributed by atoms with Gasteiger partial charge in [-0.05, 0) is 24.1 Å². The molecule has 0 saturated carbocycles. The van der Waals surface area contributed by atoms with E-state index < -0.39 is 0 Å². The van der Waals surface area contributed by atoms with Gasteiger partial charge < -0.3 is 15.7 Å². The first-order chi connectivity index (χ1) is 7.20. The maximum atomic E-state index is 9.51. The third-order valence-corrected chi connectivity index (χ3v) is 3.26. The lowest BCUT2D eigenvalue weighted by atomic mass is 10.1. The molecule has 0 aliphatic carbocycles. The van der Waals surface area contributed by atoms with E-state index in [-0.39, 0.29) is 6.10 Å². The van der Waals surface area contributed by atoms with Gasteiger partial charge in [-0.25, -0.2) is 0 Å². The fourth-order valence-electron chi connectivity index (χ4n) is 1.96. The average molecular weight is 271 g/mol. The molecule has 15 heavy (non-hydrogen) atoms. The van der Waals surface area contributed by atoms with Crippen molar-refractivity contribution in [3.63, 3.8) is 0 Å². The van der Waals surface area contributed by atoms with E-state index in [0.29, 0.717) is 13.1 Å². The molecular formula is C11H15BrN2O. The highest BCUT2D eigenvalue weighted by atomic mass is 79.9. The fourth-order valence-corrected chi connectivity index (χ4v) is 2.31. The van der Waals surface area contributed by atoms with E-state index in [1.54, 1.807) is 0 Å². The molecule has 1 heterocycles. The topological polar surface area (TPSA) is 49.5 Å². The number of nitrogens with zero attached hydrogens (tertiary/aromatic N) is 1. The maximum absolute atomic E-state index is 9.51. The highest BCUT2D eigenvalue weighted by molar-refractivity contribution is 9.10. The Balaban J connectivity index is 2.29. The van der Waals surface area contributed by atoms with Crippen LogP contribution in [0.4, 0.5) is 5.69 Å². The standard InChI is InChI=1S/C11H15BrN2O/c12-9-2-1-8(6-13)11(5-9)14-4-3-10(15)7-14/h1-2,5,10,15H,3-4,6-7,13H2. The molecule has 4 heteroatoms. The predicted molar refractivity (Wildman–Crippen MR) is 64.9 cm³/mol.